The fourth-order valence-electron chi connectivity index (χ4n) is 2.14. The van der Waals surface area contributed by atoms with Crippen LogP contribution >= 0.6 is 0 Å². The van der Waals surface area contributed by atoms with Gasteiger partial charge in [-0.3, -0.25) is 4.40 Å². The van der Waals surface area contributed by atoms with Gasteiger partial charge in [0.25, 0.3) is 0 Å². The highest BCUT2D eigenvalue weighted by Gasteiger charge is 2.32. The molecule has 86 valence electrons. The molecule has 1 unspecified atom stereocenters. The summed E-state index contributed by atoms with van der Waals surface area (Å²) in [6.07, 6.45) is 5.65. The highest BCUT2D eigenvalue weighted by molar-refractivity contribution is 5.84. The van der Waals surface area contributed by atoms with Crippen molar-refractivity contribution in [1.82, 2.24) is 29.5 Å². The van der Waals surface area contributed by atoms with Crippen molar-refractivity contribution in [3.05, 3.63) is 18.5 Å². The molecule has 4 rings (SSSR count). The molecule has 3 aromatic heterocycles. The van der Waals surface area contributed by atoms with Gasteiger partial charge in [-0.05, 0) is 18.8 Å². The van der Waals surface area contributed by atoms with Crippen molar-refractivity contribution in [1.29, 1.82) is 0 Å². The summed E-state index contributed by atoms with van der Waals surface area (Å²) in [5.41, 5.74) is 8.34. The van der Waals surface area contributed by atoms with E-state index in [1.54, 1.807) is 12.7 Å². The van der Waals surface area contributed by atoms with Gasteiger partial charge in [0, 0.05) is 0 Å². The van der Waals surface area contributed by atoms with E-state index in [1.807, 2.05) is 4.40 Å². The maximum Gasteiger partial charge on any atom is 0.189 e. The Hall–Kier alpha value is -2.02. The van der Waals surface area contributed by atoms with Crippen molar-refractivity contribution >= 4 is 16.8 Å². The minimum absolute atomic E-state index is 0.0489. The van der Waals surface area contributed by atoms with Gasteiger partial charge in [0.15, 0.2) is 17.1 Å². The molecule has 3 aromatic rings. The summed E-state index contributed by atoms with van der Waals surface area (Å²) in [6.45, 7) is 0. The summed E-state index contributed by atoms with van der Waals surface area (Å²) in [5, 5.41) is 8.36. The van der Waals surface area contributed by atoms with Crippen molar-refractivity contribution in [2.24, 2.45) is 11.7 Å². The van der Waals surface area contributed by atoms with Gasteiger partial charge in [0.05, 0.1) is 12.4 Å². The number of nitrogens with zero attached hydrogens (tertiary/aromatic N) is 5. The van der Waals surface area contributed by atoms with Crippen LogP contribution in [0.1, 0.15) is 24.7 Å². The predicted molar refractivity (Wildman–Crippen MR) is 60.1 cm³/mol. The molecule has 17 heavy (non-hydrogen) atoms. The molecule has 3 heterocycles. The van der Waals surface area contributed by atoms with Crippen molar-refractivity contribution in [2.45, 2.75) is 18.9 Å². The maximum atomic E-state index is 6.15. The summed E-state index contributed by atoms with van der Waals surface area (Å²) in [6, 6.07) is -0.0489. The molecular formula is C10H11N7. The SMILES string of the molecule is NC(c1nnc2c3[nH]cnc3ncn12)C1CC1. The first-order chi connectivity index (χ1) is 8.34. The number of nitrogens with one attached hydrogen (secondary N) is 1. The van der Waals surface area contributed by atoms with Gasteiger partial charge in [-0.15, -0.1) is 10.2 Å². The van der Waals surface area contributed by atoms with Gasteiger partial charge in [-0.25, -0.2) is 9.97 Å². The van der Waals surface area contributed by atoms with Gasteiger partial charge in [-0.1, -0.05) is 0 Å². The zero-order valence-electron chi connectivity index (χ0n) is 9.04. The third-order valence-electron chi connectivity index (χ3n) is 3.29. The van der Waals surface area contributed by atoms with E-state index < -0.39 is 0 Å². The lowest BCUT2D eigenvalue weighted by Gasteiger charge is -2.06. The molecule has 0 bridgehead atoms. The highest BCUT2D eigenvalue weighted by atomic mass is 15.3. The zero-order valence-corrected chi connectivity index (χ0v) is 9.04. The molecular weight excluding hydrogens is 218 g/mol. The molecule has 0 saturated heterocycles. The molecule has 1 saturated carbocycles. The van der Waals surface area contributed by atoms with E-state index in [2.05, 4.69) is 25.1 Å². The second-order valence-corrected chi connectivity index (χ2v) is 4.46. The topological polar surface area (TPSA) is 97.8 Å². The number of aromatic amines is 1. The summed E-state index contributed by atoms with van der Waals surface area (Å²) >= 11 is 0. The molecule has 1 atom stereocenters. The summed E-state index contributed by atoms with van der Waals surface area (Å²) in [4.78, 5) is 11.4. The average molecular weight is 229 g/mol. The first kappa shape index (κ1) is 9.06. The van der Waals surface area contributed by atoms with E-state index in [0.29, 0.717) is 11.6 Å². The third kappa shape index (κ3) is 1.19. The van der Waals surface area contributed by atoms with Crippen LogP contribution in [0.4, 0.5) is 0 Å². The maximum absolute atomic E-state index is 6.15. The van der Waals surface area contributed by atoms with Crippen LogP contribution in [-0.2, 0) is 0 Å². The summed E-state index contributed by atoms with van der Waals surface area (Å²) < 4.78 is 1.85. The number of H-pyrrole nitrogens is 1. The molecule has 1 fully saturated rings. The van der Waals surface area contributed by atoms with Crippen molar-refractivity contribution in [2.75, 3.05) is 0 Å². The number of hydrogen-bond acceptors (Lipinski definition) is 5. The lowest BCUT2D eigenvalue weighted by molar-refractivity contribution is 0.586. The minimum Gasteiger partial charge on any atom is -0.340 e. The van der Waals surface area contributed by atoms with Gasteiger partial charge < -0.3 is 10.7 Å². The van der Waals surface area contributed by atoms with Gasteiger partial charge in [0.1, 0.15) is 11.8 Å². The molecule has 7 nitrogen and oxygen atoms in total. The standard InChI is InChI=1S/C10H11N7/c11-6(5-1-2-5)9-15-16-10-7-8(13-3-12-7)14-4-17(9)10/h3-6H,1-2,11H2,(H,12,13). The van der Waals surface area contributed by atoms with Crippen LogP contribution in [0.2, 0.25) is 0 Å². The Morgan fingerprint density at radius 2 is 2.24 bits per heavy atom. The minimum atomic E-state index is -0.0489. The Morgan fingerprint density at radius 1 is 1.35 bits per heavy atom. The largest absolute Gasteiger partial charge is 0.340 e. The van der Waals surface area contributed by atoms with Crippen LogP contribution < -0.4 is 5.73 Å². The van der Waals surface area contributed by atoms with Crippen molar-refractivity contribution < 1.29 is 0 Å². The highest BCUT2D eigenvalue weighted by Crippen LogP contribution is 2.38. The third-order valence-corrected chi connectivity index (χ3v) is 3.29. The lowest BCUT2D eigenvalue weighted by Crippen LogP contribution is -2.16. The number of aromatic nitrogens is 6. The second-order valence-electron chi connectivity index (χ2n) is 4.46. The van der Waals surface area contributed by atoms with Crippen LogP contribution in [0.25, 0.3) is 16.8 Å². The first-order valence-electron chi connectivity index (χ1n) is 5.63. The number of rotatable bonds is 2. The molecule has 1 aliphatic carbocycles. The number of nitrogens with two attached hydrogens (primary N) is 1. The fourth-order valence-corrected chi connectivity index (χ4v) is 2.14. The quantitative estimate of drug-likeness (QED) is 0.663. The van der Waals surface area contributed by atoms with Gasteiger partial charge >= 0.3 is 0 Å². The number of imidazole rings is 1. The van der Waals surface area contributed by atoms with E-state index in [0.717, 1.165) is 17.0 Å². The van der Waals surface area contributed by atoms with Crippen LogP contribution in [0, 0.1) is 5.92 Å². The van der Waals surface area contributed by atoms with E-state index in [4.69, 9.17) is 5.73 Å². The molecule has 0 amide bonds. The van der Waals surface area contributed by atoms with E-state index in [9.17, 15) is 0 Å². The molecule has 0 aromatic carbocycles. The summed E-state index contributed by atoms with van der Waals surface area (Å²) in [5.74, 6) is 1.33. The molecule has 1 aliphatic rings. The van der Waals surface area contributed by atoms with Crippen LogP contribution in [0.3, 0.4) is 0 Å². The molecule has 0 aliphatic heterocycles. The molecule has 7 heteroatoms. The lowest BCUT2D eigenvalue weighted by atomic mass is 10.2. The second kappa shape index (κ2) is 3.01. The Bertz CT molecular complexity index is 693. The normalized spacial score (nSPS) is 17.9. The van der Waals surface area contributed by atoms with Crippen LogP contribution in [0.15, 0.2) is 12.7 Å². The van der Waals surface area contributed by atoms with Gasteiger partial charge in [-0.2, -0.15) is 0 Å². The number of fused-ring (bicyclic) bond motifs is 3. The Labute approximate surface area is 96.1 Å². The van der Waals surface area contributed by atoms with Crippen molar-refractivity contribution in [3.8, 4) is 0 Å². The smallest absolute Gasteiger partial charge is 0.189 e. The summed E-state index contributed by atoms with van der Waals surface area (Å²) in [7, 11) is 0. The monoisotopic (exact) mass is 229 g/mol. The van der Waals surface area contributed by atoms with E-state index in [-0.39, 0.29) is 6.04 Å². The Kier molecular flexibility index (Phi) is 1.60. The Morgan fingerprint density at radius 3 is 3.06 bits per heavy atom. The molecule has 0 radical (unpaired) electrons. The van der Waals surface area contributed by atoms with Crippen molar-refractivity contribution in [3.63, 3.8) is 0 Å². The van der Waals surface area contributed by atoms with E-state index in [1.165, 1.54) is 12.8 Å². The average Bonchev–Trinajstić information content (AvgIpc) is 2.92. The van der Waals surface area contributed by atoms with Crippen LogP contribution in [0.5, 0.6) is 0 Å². The number of hydrogen-bond donors (Lipinski definition) is 2. The van der Waals surface area contributed by atoms with E-state index >= 15 is 0 Å². The first-order valence-corrected chi connectivity index (χ1v) is 5.63. The van der Waals surface area contributed by atoms with Gasteiger partial charge in [0.2, 0.25) is 0 Å². The van der Waals surface area contributed by atoms with Crippen LogP contribution in [-0.4, -0.2) is 29.5 Å². The zero-order chi connectivity index (χ0) is 11.4. The Balaban J connectivity index is 1.99. The fraction of sp³-hybridized carbons (Fsp3) is 0.400. The predicted octanol–water partition coefficient (Wildman–Crippen LogP) is 0.410. The molecule has 0 spiro atoms. The molecule has 3 N–H and O–H groups in total.